The highest BCUT2D eigenvalue weighted by molar-refractivity contribution is 6.08. The van der Waals surface area contributed by atoms with Crippen molar-refractivity contribution in [3.8, 4) is 17.1 Å². The lowest BCUT2D eigenvalue weighted by Gasteiger charge is -2.07. The zero-order valence-corrected chi connectivity index (χ0v) is 16.4. The number of esters is 1. The van der Waals surface area contributed by atoms with Crippen LogP contribution in [0.3, 0.4) is 0 Å². The number of carbonyl (C=O) groups excluding carboxylic acids is 2. The van der Waals surface area contributed by atoms with E-state index in [1.807, 2.05) is 48.5 Å². The summed E-state index contributed by atoms with van der Waals surface area (Å²) >= 11 is 0. The highest BCUT2D eigenvalue weighted by atomic mass is 16.6. The first kappa shape index (κ1) is 20.0. The van der Waals surface area contributed by atoms with Gasteiger partial charge in [0, 0.05) is 16.7 Å². The predicted octanol–water partition coefficient (Wildman–Crippen LogP) is 4.09. The molecule has 0 spiro atoms. The zero-order chi connectivity index (χ0) is 21.5. The minimum absolute atomic E-state index is 0.0824. The largest absolute Gasteiger partial charge is 0.482 e. The summed E-state index contributed by atoms with van der Waals surface area (Å²) in [6, 6.07) is 24.9. The summed E-state index contributed by atoms with van der Waals surface area (Å²) < 4.78 is 15.6. The molecule has 0 bridgehead atoms. The van der Waals surface area contributed by atoms with Gasteiger partial charge in [0.2, 0.25) is 5.82 Å². The van der Waals surface area contributed by atoms with Gasteiger partial charge in [-0.3, -0.25) is 4.79 Å². The van der Waals surface area contributed by atoms with E-state index in [2.05, 4.69) is 10.1 Å². The van der Waals surface area contributed by atoms with Crippen molar-refractivity contribution in [3.63, 3.8) is 0 Å². The Hall–Kier alpha value is -4.26. The van der Waals surface area contributed by atoms with E-state index in [0.29, 0.717) is 22.7 Å². The minimum atomic E-state index is -0.580. The van der Waals surface area contributed by atoms with Gasteiger partial charge in [-0.05, 0) is 24.3 Å². The van der Waals surface area contributed by atoms with Gasteiger partial charge >= 0.3 is 5.97 Å². The summed E-state index contributed by atoms with van der Waals surface area (Å²) in [4.78, 5) is 28.5. The second-order valence-corrected chi connectivity index (χ2v) is 6.55. The van der Waals surface area contributed by atoms with E-state index < -0.39 is 5.97 Å². The van der Waals surface area contributed by atoms with Crippen LogP contribution < -0.4 is 4.74 Å². The molecule has 154 valence electrons. The van der Waals surface area contributed by atoms with E-state index in [4.69, 9.17) is 14.0 Å². The lowest BCUT2D eigenvalue weighted by molar-refractivity contribution is -0.148. The maximum Gasteiger partial charge on any atom is 0.344 e. The maximum absolute atomic E-state index is 12.4. The van der Waals surface area contributed by atoms with Gasteiger partial charge in [0.15, 0.2) is 19.0 Å². The van der Waals surface area contributed by atoms with Gasteiger partial charge in [-0.1, -0.05) is 65.8 Å². The fourth-order valence-corrected chi connectivity index (χ4v) is 2.80. The minimum Gasteiger partial charge on any atom is -0.482 e. The molecule has 0 aliphatic carbocycles. The molecule has 0 saturated heterocycles. The Labute approximate surface area is 178 Å². The average Bonchev–Trinajstić information content (AvgIpc) is 3.31. The molecule has 0 aliphatic heterocycles. The van der Waals surface area contributed by atoms with Crippen LogP contribution in [0.25, 0.3) is 11.4 Å². The maximum atomic E-state index is 12.4. The zero-order valence-electron chi connectivity index (χ0n) is 16.4. The van der Waals surface area contributed by atoms with Gasteiger partial charge < -0.3 is 14.0 Å². The molecule has 0 unspecified atom stereocenters. The molecule has 0 radical (unpaired) electrons. The third-order valence-electron chi connectivity index (χ3n) is 4.37. The number of aromatic nitrogens is 2. The molecule has 3 aromatic carbocycles. The van der Waals surface area contributed by atoms with Crippen molar-refractivity contribution in [1.82, 2.24) is 10.1 Å². The predicted molar refractivity (Wildman–Crippen MR) is 111 cm³/mol. The van der Waals surface area contributed by atoms with Crippen molar-refractivity contribution < 1.29 is 23.6 Å². The Morgan fingerprint density at radius 2 is 1.45 bits per heavy atom. The summed E-state index contributed by atoms with van der Waals surface area (Å²) in [7, 11) is 0. The number of hydrogen-bond acceptors (Lipinski definition) is 7. The molecular formula is C24H18N2O5. The van der Waals surface area contributed by atoms with Crippen LogP contribution in [-0.4, -0.2) is 28.5 Å². The lowest BCUT2D eigenvalue weighted by Crippen LogP contribution is -2.15. The second kappa shape index (κ2) is 9.49. The number of nitrogens with zero attached hydrogens (tertiary/aromatic N) is 2. The molecule has 4 aromatic rings. The first-order valence-corrected chi connectivity index (χ1v) is 9.55. The summed E-state index contributed by atoms with van der Waals surface area (Å²) in [5, 5.41) is 3.87. The van der Waals surface area contributed by atoms with E-state index in [9.17, 15) is 9.59 Å². The molecule has 0 atom stereocenters. The summed E-state index contributed by atoms with van der Waals surface area (Å²) in [6.45, 7) is -0.432. The Balaban J connectivity index is 1.25. The van der Waals surface area contributed by atoms with Crippen LogP contribution in [0, 0.1) is 0 Å². The lowest BCUT2D eigenvalue weighted by atomic mass is 10.0. The first-order valence-electron chi connectivity index (χ1n) is 9.55. The van der Waals surface area contributed by atoms with Gasteiger partial charge in [0.1, 0.15) is 5.75 Å². The SMILES string of the molecule is O=C(COc1ccc(C(=O)c2ccccc2)cc1)OCc1nc(-c2ccccc2)no1. The highest BCUT2D eigenvalue weighted by Gasteiger charge is 2.12. The molecule has 7 nitrogen and oxygen atoms in total. The van der Waals surface area contributed by atoms with Crippen LogP contribution in [0.15, 0.2) is 89.5 Å². The molecule has 7 heteroatoms. The Bertz CT molecular complexity index is 1160. The van der Waals surface area contributed by atoms with Crippen molar-refractivity contribution in [1.29, 1.82) is 0 Å². The number of carbonyl (C=O) groups is 2. The third kappa shape index (κ3) is 5.22. The number of ketones is 1. The van der Waals surface area contributed by atoms with Gasteiger partial charge in [-0.25, -0.2) is 4.79 Å². The Kier molecular flexibility index (Phi) is 6.13. The van der Waals surface area contributed by atoms with Crippen LogP contribution in [0.1, 0.15) is 21.8 Å². The quantitative estimate of drug-likeness (QED) is 0.317. The molecule has 0 amide bonds. The number of rotatable bonds is 8. The fourth-order valence-electron chi connectivity index (χ4n) is 2.80. The summed E-state index contributed by atoms with van der Waals surface area (Å²) in [5.41, 5.74) is 1.95. The molecule has 0 saturated carbocycles. The number of hydrogen-bond donors (Lipinski definition) is 0. The van der Waals surface area contributed by atoms with E-state index in [1.165, 1.54) is 0 Å². The van der Waals surface area contributed by atoms with Crippen LogP contribution >= 0.6 is 0 Å². The van der Waals surface area contributed by atoms with Crippen molar-refractivity contribution in [2.75, 3.05) is 6.61 Å². The smallest absolute Gasteiger partial charge is 0.344 e. The van der Waals surface area contributed by atoms with E-state index >= 15 is 0 Å². The standard InChI is InChI=1S/C24H18N2O5/c27-22(30-15-21-25-24(26-31-21)19-9-5-2-6-10-19)16-29-20-13-11-18(12-14-20)23(28)17-7-3-1-4-8-17/h1-14H,15-16H2. The second-order valence-electron chi connectivity index (χ2n) is 6.55. The molecule has 0 aliphatic rings. The van der Waals surface area contributed by atoms with Crippen LogP contribution in [0.5, 0.6) is 5.75 Å². The van der Waals surface area contributed by atoms with Crippen molar-refractivity contribution >= 4 is 11.8 Å². The van der Waals surface area contributed by atoms with Crippen molar-refractivity contribution in [2.45, 2.75) is 6.61 Å². The Morgan fingerprint density at radius 3 is 2.16 bits per heavy atom. The molecule has 4 rings (SSSR count). The van der Waals surface area contributed by atoms with Crippen molar-refractivity contribution in [3.05, 3.63) is 102 Å². The third-order valence-corrected chi connectivity index (χ3v) is 4.37. The molecule has 1 aromatic heterocycles. The number of benzene rings is 3. The van der Waals surface area contributed by atoms with E-state index in [-0.39, 0.29) is 24.9 Å². The van der Waals surface area contributed by atoms with Crippen molar-refractivity contribution in [2.24, 2.45) is 0 Å². The normalized spacial score (nSPS) is 10.5. The summed E-state index contributed by atoms with van der Waals surface area (Å²) in [5.74, 6) is 0.402. The molecule has 0 N–H and O–H groups in total. The monoisotopic (exact) mass is 414 g/mol. The van der Waals surface area contributed by atoms with E-state index in [1.54, 1.807) is 36.4 Å². The van der Waals surface area contributed by atoms with E-state index in [0.717, 1.165) is 5.56 Å². The van der Waals surface area contributed by atoms with Gasteiger partial charge in [-0.2, -0.15) is 4.98 Å². The molecular weight excluding hydrogens is 396 g/mol. The van der Waals surface area contributed by atoms with Gasteiger partial charge in [0.05, 0.1) is 0 Å². The average molecular weight is 414 g/mol. The fraction of sp³-hybridized carbons (Fsp3) is 0.0833. The van der Waals surface area contributed by atoms with Gasteiger partial charge in [-0.15, -0.1) is 0 Å². The van der Waals surface area contributed by atoms with Crippen LogP contribution in [-0.2, 0) is 16.1 Å². The van der Waals surface area contributed by atoms with Crippen LogP contribution in [0.2, 0.25) is 0 Å². The topological polar surface area (TPSA) is 91.5 Å². The molecule has 31 heavy (non-hydrogen) atoms. The molecule has 0 fully saturated rings. The number of ether oxygens (including phenoxy) is 2. The van der Waals surface area contributed by atoms with Gasteiger partial charge in [0.25, 0.3) is 5.89 Å². The van der Waals surface area contributed by atoms with Crippen LogP contribution in [0.4, 0.5) is 0 Å². The summed E-state index contributed by atoms with van der Waals surface area (Å²) in [6.07, 6.45) is 0. The Morgan fingerprint density at radius 1 is 0.806 bits per heavy atom. The molecule has 1 heterocycles. The highest BCUT2D eigenvalue weighted by Crippen LogP contribution is 2.17. The first-order chi connectivity index (χ1) is 15.2.